The number of nitrogens with zero attached hydrogens (tertiary/aromatic N) is 1. The zero-order valence-corrected chi connectivity index (χ0v) is 15.6. The summed E-state index contributed by atoms with van der Waals surface area (Å²) >= 11 is 0. The van der Waals surface area contributed by atoms with Gasteiger partial charge in [0.2, 0.25) is 0 Å². The third-order valence-corrected chi connectivity index (χ3v) is 4.21. The number of nitrogens with one attached hydrogen (secondary N) is 1. The highest BCUT2D eigenvalue weighted by atomic mass is 127. The molecule has 3 N–H and O–H groups in total. The van der Waals surface area contributed by atoms with Crippen molar-refractivity contribution < 1.29 is 9.47 Å². The van der Waals surface area contributed by atoms with Gasteiger partial charge < -0.3 is 20.5 Å². The van der Waals surface area contributed by atoms with Crippen LogP contribution in [0.2, 0.25) is 0 Å². The summed E-state index contributed by atoms with van der Waals surface area (Å²) in [5.74, 6) is 1.19. The van der Waals surface area contributed by atoms with Crippen molar-refractivity contribution in [2.75, 3.05) is 32.7 Å². The highest BCUT2D eigenvalue weighted by molar-refractivity contribution is 14.0. The van der Waals surface area contributed by atoms with Gasteiger partial charge in [0.1, 0.15) is 5.75 Å². The van der Waals surface area contributed by atoms with Gasteiger partial charge in [-0.05, 0) is 36.8 Å². The Morgan fingerprint density at radius 2 is 2.05 bits per heavy atom. The SMILES string of the molecule is COCCC1(CN=C(N)Nc2ccccc2OC)CCC1.I. The maximum atomic E-state index is 6.00. The number of hydrogen-bond acceptors (Lipinski definition) is 3. The van der Waals surface area contributed by atoms with Crippen LogP contribution in [0.5, 0.6) is 5.75 Å². The molecule has 1 aromatic rings. The van der Waals surface area contributed by atoms with Crippen LogP contribution in [0.25, 0.3) is 0 Å². The largest absolute Gasteiger partial charge is 0.495 e. The molecule has 124 valence electrons. The van der Waals surface area contributed by atoms with Gasteiger partial charge in [-0.1, -0.05) is 18.6 Å². The Hall–Kier alpha value is -1.02. The Balaban J connectivity index is 0.00000242. The van der Waals surface area contributed by atoms with Crippen molar-refractivity contribution in [2.24, 2.45) is 16.1 Å². The monoisotopic (exact) mass is 419 g/mol. The first kappa shape index (κ1) is 19.0. The fraction of sp³-hybridized carbons (Fsp3) is 0.562. The number of benzene rings is 1. The second-order valence-electron chi connectivity index (χ2n) is 5.62. The quantitative estimate of drug-likeness (QED) is 0.405. The molecule has 0 aliphatic heterocycles. The summed E-state index contributed by atoms with van der Waals surface area (Å²) in [6.07, 6.45) is 4.75. The highest BCUT2D eigenvalue weighted by Crippen LogP contribution is 2.44. The van der Waals surface area contributed by atoms with Gasteiger partial charge in [-0.25, -0.2) is 0 Å². The van der Waals surface area contributed by atoms with Crippen LogP contribution < -0.4 is 15.8 Å². The molecule has 0 heterocycles. The summed E-state index contributed by atoms with van der Waals surface area (Å²) in [7, 11) is 3.38. The number of guanidine groups is 1. The number of hydrogen-bond donors (Lipinski definition) is 2. The minimum absolute atomic E-state index is 0. The second kappa shape index (κ2) is 9.19. The summed E-state index contributed by atoms with van der Waals surface area (Å²) in [5.41, 5.74) is 7.11. The normalized spacial score (nSPS) is 16.4. The van der Waals surface area contributed by atoms with Gasteiger partial charge in [-0.3, -0.25) is 4.99 Å². The molecule has 0 atom stereocenters. The smallest absolute Gasteiger partial charge is 0.193 e. The molecule has 6 heteroatoms. The van der Waals surface area contributed by atoms with Gasteiger partial charge in [-0.2, -0.15) is 0 Å². The molecular weight excluding hydrogens is 393 g/mol. The molecular formula is C16H26IN3O2. The Morgan fingerprint density at radius 1 is 1.32 bits per heavy atom. The molecule has 1 saturated carbocycles. The van der Waals surface area contributed by atoms with Crippen molar-refractivity contribution in [2.45, 2.75) is 25.7 Å². The van der Waals surface area contributed by atoms with Crippen molar-refractivity contribution in [3.05, 3.63) is 24.3 Å². The Bertz CT molecular complexity index is 490. The zero-order chi connectivity index (χ0) is 15.1. The lowest BCUT2D eigenvalue weighted by Crippen LogP contribution is -2.35. The first-order chi connectivity index (χ1) is 10.2. The summed E-state index contributed by atoms with van der Waals surface area (Å²) in [5, 5.41) is 3.11. The van der Waals surface area contributed by atoms with Crippen LogP contribution in [-0.4, -0.2) is 33.3 Å². The Kier molecular flexibility index (Phi) is 7.95. The first-order valence-electron chi connectivity index (χ1n) is 7.38. The van der Waals surface area contributed by atoms with Crippen molar-refractivity contribution in [3.8, 4) is 5.75 Å². The van der Waals surface area contributed by atoms with Crippen LogP contribution in [0.15, 0.2) is 29.3 Å². The average Bonchev–Trinajstić information content (AvgIpc) is 2.46. The van der Waals surface area contributed by atoms with E-state index in [0.717, 1.165) is 31.0 Å². The van der Waals surface area contributed by atoms with Gasteiger partial charge in [0.25, 0.3) is 0 Å². The number of rotatable bonds is 7. The van der Waals surface area contributed by atoms with Gasteiger partial charge in [-0.15, -0.1) is 24.0 Å². The van der Waals surface area contributed by atoms with E-state index in [0.29, 0.717) is 5.96 Å². The minimum Gasteiger partial charge on any atom is -0.495 e. The fourth-order valence-corrected chi connectivity index (χ4v) is 2.66. The third kappa shape index (κ3) is 5.01. The Labute approximate surface area is 149 Å². The summed E-state index contributed by atoms with van der Waals surface area (Å²) in [6.45, 7) is 1.54. The number of methoxy groups -OCH3 is 2. The third-order valence-electron chi connectivity index (χ3n) is 4.21. The van der Waals surface area contributed by atoms with E-state index in [1.165, 1.54) is 19.3 Å². The topological polar surface area (TPSA) is 68.9 Å². The van der Waals surface area contributed by atoms with Gasteiger partial charge in [0.05, 0.1) is 12.8 Å². The van der Waals surface area contributed by atoms with E-state index in [1.54, 1.807) is 14.2 Å². The van der Waals surface area contributed by atoms with E-state index in [1.807, 2.05) is 24.3 Å². The molecule has 5 nitrogen and oxygen atoms in total. The first-order valence-corrected chi connectivity index (χ1v) is 7.38. The molecule has 0 aromatic heterocycles. The molecule has 1 aliphatic carbocycles. The van der Waals surface area contributed by atoms with Gasteiger partial charge in [0, 0.05) is 20.3 Å². The van der Waals surface area contributed by atoms with Crippen molar-refractivity contribution in [3.63, 3.8) is 0 Å². The van der Waals surface area contributed by atoms with Crippen LogP contribution in [0, 0.1) is 5.41 Å². The van der Waals surface area contributed by atoms with Crippen molar-refractivity contribution >= 4 is 35.6 Å². The van der Waals surface area contributed by atoms with E-state index in [2.05, 4.69) is 10.3 Å². The van der Waals surface area contributed by atoms with Crippen LogP contribution in [0.1, 0.15) is 25.7 Å². The number of para-hydroxylation sites is 2. The highest BCUT2D eigenvalue weighted by Gasteiger charge is 2.36. The summed E-state index contributed by atoms with van der Waals surface area (Å²) in [4.78, 5) is 4.51. The molecule has 1 aliphatic rings. The molecule has 2 rings (SSSR count). The molecule has 0 unspecified atom stereocenters. The lowest BCUT2D eigenvalue weighted by molar-refractivity contribution is 0.0780. The van der Waals surface area contributed by atoms with Crippen LogP contribution in [0.3, 0.4) is 0 Å². The summed E-state index contributed by atoms with van der Waals surface area (Å²) < 4.78 is 10.5. The van der Waals surface area contributed by atoms with E-state index in [-0.39, 0.29) is 29.4 Å². The molecule has 1 aromatic carbocycles. The second-order valence-corrected chi connectivity index (χ2v) is 5.62. The van der Waals surface area contributed by atoms with E-state index in [4.69, 9.17) is 15.2 Å². The average molecular weight is 419 g/mol. The number of nitrogens with two attached hydrogens (primary N) is 1. The van der Waals surface area contributed by atoms with Crippen LogP contribution in [-0.2, 0) is 4.74 Å². The molecule has 0 bridgehead atoms. The molecule has 0 saturated heterocycles. The molecule has 22 heavy (non-hydrogen) atoms. The lowest BCUT2D eigenvalue weighted by Gasteiger charge is -2.40. The Morgan fingerprint density at radius 3 is 2.64 bits per heavy atom. The maximum Gasteiger partial charge on any atom is 0.193 e. The van der Waals surface area contributed by atoms with Crippen LogP contribution in [0.4, 0.5) is 5.69 Å². The molecule has 0 spiro atoms. The molecule has 0 amide bonds. The van der Waals surface area contributed by atoms with E-state index < -0.39 is 0 Å². The summed E-state index contributed by atoms with van der Waals surface area (Å²) in [6, 6.07) is 7.67. The van der Waals surface area contributed by atoms with Crippen LogP contribution >= 0.6 is 24.0 Å². The number of ether oxygens (including phenoxy) is 2. The fourth-order valence-electron chi connectivity index (χ4n) is 2.66. The lowest BCUT2D eigenvalue weighted by atomic mass is 9.67. The predicted molar refractivity (Wildman–Crippen MR) is 101 cm³/mol. The number of anilines is 1. The van der Waals surface area contributed by atoms with E-state index >= 15 is 0 Å². The van der Waals surface area contributed by atoms with Crippen molar-refractivity contribution in [1.82, 2.24) is 0 Å². The number of halogens is 1. The predicted octanol–water partition coefficient (Wildman–Crippen LogP) is 3.25. The number of aliphatic imine (C=N–C) groups is 1. The zero-order valence-electron chi connectivity index (χ0n) is 13.3. The van der Waals surface area contributed by atoms with E-state index in [9.17, 15) is 0 Å². The van der Waals surface area contributed by atoms with Gasteiger partial charge in [0.15, 0.2) is 5.96 Å². The van der Waals surface area contributed by atoms with Crippen molar-refractivity contribution in [1.29, 1.82) is 0 Å². The maximum absolute atomic E-state index is 6.00. The standard InChI is InChI=1S/C16H25N3O2.HI/c1-20-11-10-16(8-5-9-16)12-18-15(17)19-13-6-3-4-7-14(13)21-2;/h3-4,6-7H,5,8-12H2,1-2H3,(H3,17,18,19);1H. The minimum atomic E-state index is 0. The molecule has 0 radical (unpaired) electrons. The van der Waals surface area contributed by atoms with Gasteiger partial charge >= 0.3 is 0 Å². The molecule has 1 fully saturated rings.